The molecule has 1 aromatic rings. The van der Waals surface area contributed by atoms with E-state index >= 15 is 0 Å². The Hall–Kier alpha value is -0.820. The zero-order chi connectivity index (χ0) is 12.3. The van der Waals surface area contributed by atoms with Gasteiger partial charge in [0.25, 0.3) is 0 Å². The molecule has 0 saturated carbocycles. The summed E-state index contributed by atoms with van der Waals surface area (Å²) >= 11 is 0. The molecular formula is C16H25N. The van der Waals surface area contributed by atoms with Gasteiger partial charge in [-0.15, -0.1) is 0 Å². The van der Waals surface area contributed by atoms with Crippen LogP contribution in [0, 0.1) is 12.8 Å². The predicted molar refractivity (Wildman–Crippen MR) is 74.3 cm³/mol. The minimum absolute atomic E-state index is 0.327. The molecule has 0 amide bonds. The fourth-order valence-corrected chi connectivity index (χ4v) is 2.91. The molecule has 1 heterocycles. The lowest BCUT2D eigenvalue weighted by Gasteiger charge is -2.42. The van der Waals surface area contributed by atoms with Crippen LogP contribution in [0.25, 0.3) is 0 Å². The van der Waals surface area contributed by atoms with Crippen LogP contribution in [0.5, 0.6) is 0 Å². The fourth-order valence-electron chi connectivity index (χ4n) is 2.91. The van der Waals surface area contributed by atoms with Crippen LogP contribution in [0.4, 0.5) is 0 Å². The Morgan fingerprint density at radius 3 is 2.41 bits per heavy atom. The van der Waals surface area contributed by atoms with Gasteiger partial charge in [0, 0.05) is 5.54 Å². The van der Waals surface area contributed by atoms with Crippen molar-refractivity contribution in [3.8, 4) is 0 Å². The molecule has 1 aliphatic rings. The van der Waals surface area contributed by atoms with Crippen LogP contribution in [-0.2, 0) is 6.42 Å². The summed E-state index contributed by atoms with van der Waals surface area (Å²) < 4.78 is 0. The van der Waals surface area contributed by atoms with Gasteiger partial charge in [0.1, 0.15) is 0 Å². The molecule has 1 fully saturated rings. The van der Waals surface area contributed by atoms with Crippen molar-refractivity contribution in [2.45, 2.75) is 52.0 Å². The molecule has 0 aliphatic carbocycles. The molecule has 2 rings (SSSR count). The third kappa shape index (κ3) is 2.90. The Morgan fingerprint density at radius 1 is 1.18 bits per heavy atom. The lowest BCUT2D eigenvalue weighted by molar-refractivity contribution is 0.182. The molecule has 0 bridgehead atoms. The zero-order valence-corrected chi connectivity index (χ0v) is 11.4. The molecule has 94 valence electrons. The van der Waals surface area contributed by atoms with Gasteiger partial charge < -0.3 is 5.32 Å². The van der Waals surface area contributed by atoms with Gasteiger partial charge in [0.05, 0.1) is 0 Å². The van der Waals surface area contributed by atoms with Gasteiger partial charge in [-0.2, -0.15) is 0 Å². The summed E-state index contributed by atoms with van der Waals surface area (Å²) in [5.41, 5.74) is 3.15. The van der Waals surface area contributed by atoms with Crippen molar-refractivity contribution in [3.63, 3.8) is 0 Å². The summed E-state index contributed by atoms with van der Waals surface area (Å²) in [4.78, 5) is 0. The van der Waals surface area contributed by atoms with Crippen LogP contribution in [0.3, 0.4) is 0 Å². The molecule has 0 aromatic heterocycles. The second-order valence-corrected chi connectivity index (χ2v) is 5.86. The summed E-state index contributed by atoms with van der Waals surface area (Å²) in [5, 5.41) is 3.80. The molecule has 1 heteroatoms. The second kappa shape index (κ2) is 5.22. The van der Waals surface area contributed by atoms with Gasteiger partial charge in [0.15, 0.2) is 0 Å². The minimum atomic E-state index is 0.327. The van der Waals surface area contributed by atoms with Crippen LogP contribution < -0.4 is 5.32 Å². The van der Waals surface area contributed by atoms with E-state index < -0.39 is 0 Å². The first-order valence-electron chi connectivity index (χ1n) is 6.93. The highest BCUT2D eigenvalue weighted by molar-refractivity contribution is 5.23. The number of piperidine rings is 1. The molecule has 1 saturated heterocycles. The number of rotatable bonds is 3. The van der Waals surface area contributed by atoms with Gasteiger partial charge in [-0.05, 0) is 44.2 Å². The van der Waals surface area contributed by atoms with Crippen LogP contribution in [0.15, 0.2) is 24.3 Å². The lowest BCUT2D eigenvalue weighted by Crippen LogP contribution is -2.54. The van der Waals surface area contributed by atoms with E-state index in [4.69, 9.17) is 0 Å². The van der Waals surface area contributed by atoms with Gasteiger partial charge in [0.2, 0.25) is 0 Å². The Labute approximate surface area is 106 Å². The van der Waals surface area contributed by atoms with Gasteiger partial charge >= 0.3 is 0 Å². The van der Waals surface area contributed by atoms with Gasteiger partial charge in [-0.25, -0.2) is 0 Å². The first-order valence-corrected chi connectivity index (χ1v) is 6.93. The van der Waals surface area contributed by atoms with Crippen LogP contribution in [0.1, 0.15) is 44.2 Å². The first kappa shape index (κ1) is 12.6. The molecule has 1 nitrogen and oxygen atoms in total. The number of hydrogen-bond donors (Lipinski definition) is 1. The Bertz CT molecular complexity index is 344. The molecule has 0 radical (unpaired) electrons. The van der Waals surface area contributed by atoms with Crippen molar-refractivity contribution in [2.75, 3.05) is 6.54 Å². The smallest absolute Gasteiger partial charge is 0.0244 e. The molecule has 1 atom stereocenters. The van der Waals surface area contributed by atoms with E-state index in [0.29, 0.717) is 11.5 Å². The topological polar surface area (TPSA) is 12.0 Å². The standard InChI is InChI=1S/C16H25N/c1-13(2)16(10-4-5-11-17-16)12-15-8-6-14(3)7-9-15/h6-9,13,17H,4-5,10-12H2,1-3H3. The second-order valence-electron chi connectivity index (χ2n) is 5.86. The normalized spacial score (nSPS) is 25.2. The van der Waals surface area contributed by atoms with Crippen LogP contribution in [0.2, 0.25) is 0 Å². The van der Waals surface area contributed by atoms with Crippen LogP contribution >= 0.6 is 0 Å². The number of aryl methyl sites for hydroxylation is 1. The average molecular weight is 231 g/mol. The maximum absolute atomic E-state index is 3.80. The van der Waals surface area contributed by atoms with E-state index in [9.17, 15) is 0 Å². The number of benzene rings is 1. The minimum Gasteiger partial charge on any atom is -0.311 e. The van der Waals surface area contributed by atoms with Crippen molar-refractivity contribution < 1.29 is 0 Å². The average Bonchev–Trinajstić information content (AvgIpc) is 2.33. The van der Waals surface area contributed by atoms with E-state index in [1.807, 2.05) is 0 Å². The summed E-state index contributed by atoms with van der Waals surface area (Å²) in [5.74, 6) is 0.698. The molecular weight excluding hydrogens is 206 g/mol. The quantitative estimate of drug-likeness (QED) is 0.836. The van der Waals surface area contributed by atoms with E-state index in [0.717, 1.165) is 0 Å². The summed E-state index contributed by atoms with van der Waals surface area (Å²) in [6.45, 7) is 8.05. The Morgan fingerprint density at radius 2 is 1.88 bits per heavy atom. The third-order valence-electron chi connectivity index (χ3n) is 4.27. The molecule has 0 spiro atoms. The van der Waals surface area contributed by atoms with E-state index in [1.165, 1.54) is 43.4 Å². The SMILES string of the molecule is Cc1ccc(CC2(C(C)C)CCCCN2)cc1. The van der Waals surface area contributed by atoms with E-state index in [2.05, 4.69) is 50.4 Å². The Balaban J connectivity index is 2.14. The number of nitrogens with one attached hydrogen (secondary N) is 1. The molecule has 1 aromatic carbocycles. The summed E-state index contributed by atoms with van der Waals surface area (Å²) in [6.07, 6.45) is 5.20. The van der Waals surface area contributed by atoms with Crippen LogP contribution in [-0.4, -0.2) is 12.1 Å². The van der Waals surface area contributed by atoms with Crippen molar-refractivity contribution in [1.29, 1.82) is 0 Å². The fraction of sp³-hybridized carbons (Fsp3) is 0.625. The van der Waals surface area contributed by atoms with E-state index in [-0.39, 0.29) is 0 Å². The Kier molecular flexibility index (Phi) is 3.88. The lowest BCUT2D eigenvalue weighted by atomic mass is 9.75. The van der Waals surface area contributed by atoms with E-state index in [1.54, 1.807) is 0 Å². The summed E-state index contributed by atoms with van der Waals surface area (Å²) in [7, 11) is 0. The highest BCUT2D eigenvalue weighted by Crippen LogP contribution is 2.30. The number of hydrogen-bond acceptors (Lipinski definition) is 1. The third-order valence-corrected chi connectivity index (χ3v) is 4.27. The zero-order valence-electron chi connectivity index (χ0n) is 11.4. The predicted octanol–water partition coefficient (Wildman–Crippen LogP) is 3.71. The van der Waals surface area contributed by atoms with Crippen molar-refractivity contribution in [2.24, 2.45) is 5.92 Å². The molecule has 1 aliphatic heterocycles. The molecule has 17 heavy (non-hydrogen) atoms. The largest absolute Gasteiger partial charge is 0.311 e. The van der Waals surface area contributed by atoms with Gasteiger partial charge in [-0.1, -0.05) is 50.1 Å². The highest BCUT2D eigenvalue weighted by atomic mass is 15.0. The molecule has 1 unspecified atom stereocenters. The maximum Gasteiger partial charge on any atom is 0.0244 e. The monoisotopic (exact) mass is 231 g/mol. The molecule has 1 N–H and O–H groups in total. The van der Waals surface area contributed by atoms with Crippen molar-refractivity contribution >= 4 is 0 Å². The highest BCUT2D eigenvalue weighted by Gasteiger charge is 2.34. The van der Waals surface area contributed by atoms with Gasteiger partial charge in [-0.3, -0.25) is 0 Å². The van der Waals surface area contributed by atoms with Crippen molar-refractivity contribution in [1.82, 2.24) is 5.32 Å². The van der Waals surface area contributed by atoms with Crippen molar-refractivity contribution in [3.05, 3.63) is 35.4 Å². The summed E-state index contributed by atoms with van der Waals surface area (Å²) in [6, 6.07) is 9.03. The first-order chi connectivity index (χ1) is 8.12. The maximum atomic E-state index is 3.80.